The number of hydrogen-bond donors (Lipinski definition) is 0. The highest BCUT2D eigenvalue weighted by atomic mass is 15.2. The van der Waals surface area contributed by atoms with Gasteiger partial charge in [0.1, 0.15) is 0 Å². The molecule has 2 unspecified atom stereocenters. The van der Waals surface area contributed by atoms with Gasteiger partial charge in [-0.05, 0) is 18.3 Å². The van der Waals surface area contributed by atoms with Gasteiger partial charge < -0.3 is 0 Å². The molecule has 2 atom stereocenters. The van der Waals surface area contributed by atoms with E-state index < -0.39 is 0 Å². The highest BCUT2D eigenvalue weighted by Gasteiger charge is 2.33. The first-order valence-electron chi connectivity index (χ1n) is 4.68. The molecule has 0 N–H and O–H groups in total. The Hall–Kier alpha value is -0.300. The summed E-state index contributed by atoms with van der Waals surface area (Å²) in [6.45, 7) is 7.20. The molecule has 1 heterocycles. The first-order valence-corrected chi connectivity index (χ1v) is 4.68. The number of fused-ring (bicyclic) bond motifs is 2. The van der Waals surface area contributed by atoms with E-state index in [2.05, 4.69) is 30.9 Å². The second kappa shape index (κ2) is 2.63. The zero-order valence-electron chi connectivity index (χ0n) is 7.46. The molecule has 1 aliphatic carbocycles. The minimum absolute atomic E-state index is 0.794. The van der Waals surface area contributed by atoms with Crippen LogP contribution in [0.4, 0.5) is 0 Å². The van der Waals surface area contributed by atoms with Crippen LogP contribution in [-0.4, -0.2) is 24.0 Å². The van der Waals surface area contributed by atoms with E-state index in [-0.39, 0.29) is 0 Å². The quantitative estimate of drug-likeness (QED) is 0.545. The van der Waals surface area contributed by atoms with Crippen LogP contribution >= 0.6 is 0 Å². The summed E-state index contributed by atoms with van der Waals surface area (Å²) in [5.41, 5.74) is 0. The second-order valence-electron chi connectivity index (χ2n) is 4.30. The van der Waals surface area contributed by atoms with Crippen molar-refractivity contribution in [2.75, 3.05) is 13.1 Å². The van der Waals surface area contributed by atoms with Crippen LogP contribution in [-0.2, 0) is 0 Å². The molecule has 0 aromatic rings. The van der Waals surface area contributed by atoms with Gasteiger partial charge in [-0.3, -0.25) is 4.90 Å². The smallest absolute Gasteiger partial charge is 0.0284 e. The van der Waals surface area contributed by atoms with E-state index in [1.165, 1.54) is 19.5 Å². The molecule has 0 spiro atoms. The minimum Gasteiger partial charge on any atom is -0.296 e. The van der Waals surface area contributed by atoms with E-state index in [0.717, 1.165) is 17.9 Å². The molecule has 0 radical (unpaired) electrons. The van der Waals surface area contributed by atoms with Gasteiger partial charge in [-0.2, -0.15) is 0 Å². The molecule has 1 heteroatoms. The molecule has 2 aliphatic rings. The van der Waals surface area contributed by atoms with Crippen LogP contribution in [0.3, 0.4) is 0 Å². The molecular weight excluding hydrogens is 134 g/mol. The number of nitrogens with zero attached hydrogens (tertiary/aromatic N) is 1. The van der Waals surface area contributed by atoms with Gasteiger partial charge in [0.05, 0.1) is 0 Å². The lowest BCUT2D eigenvalue weighted by Gasteiger charge is -2.25. The third-order valence-electron chi connectivity index (χ3n) is 2.69. The van der Waals surface area contributed by atoms with Gasteiger partial charge in [0.15, 0.2) is 0 Å². The average Bonchev–Trinajstić information content (AvgIpc) is 2.45. The molecule has 0 aromatic heterocycles. The van der Waals surface area contributed by atoms with E-state index >= 15 is 0 Å². The highest BCUT2D eigenvalue weighted by Crippen LogP contribution is 2.31. The first kappa shape index (κ1) is 7.35. The molecule has 62 valence electrons. The van der Waals surface area contributed by atoms with Gasteiger partial charge in [-0.1, -0.05) is 26.0 Å². The van der Waals surface area contributed by atoms with Crippen LogP contribution in [0.25, 0.3) is 0 Å². The van der Waals surface area contributed by atoms with Crippen molar-refractivity contribution in [3.63, 3.8) is 0 Å². The third kappa shape index (κ3) is 1.34. The predicted molar refractivity (Wildman–Crippen MR) is 47.4 cm³/mol. The maximum atomic E-state index is 2.62. The number of rotatable bonds is 2. The summed E-state index contributed by atoms with van der Waals surface area (Å²) in [6, 6.07) is 0.794. The Kier molecular flexibility index (Phi) is 1.76. The summed E-state index contributed by atoms with van der Waals surface area (Å²) < 4.78 is 0. The van der Waals surface area contributed by atoms with Crippen molar-refractivity contribution in [3.05, 3.63) is 12.2 Å². The van der Waals surface area contributed by atoms with E-state index in [1.54, 1.807) is 0 Å². The lowest BCUT2D eigenvalue weighted by molar-refractivity contribution is 0.248. The normalized spacial score (nSPS) is 35.9. The second-order valence-corrected chi connectivity index (χ2v) is 4.30. The van der Waals surface area contributed by atoms with Crippen molar-refractivity contribution in [1.29, 1.82) is 0 Å². The molecule has 1 fully saturated rings. The maximum Gasteiger partial charge on any atom is 0.0284 e. The van der Waals surface area contributed by atoms with Gasteiger partial charge in [-0.25, -0.2) is 0 Å². The van der Waals surface area contributed by atoms with Crippen molar-refractivity contribution in [2.45, 2.75) is 26.3 Å². The van der Waals surface area contributed by atoms with Crippen LogP contribution in [0.15, 0.2) is 12.2 Å². The van der Waals surface area contributed by atoms with Gasteiger partial charge >= 0.3 is 0 Å². The first-order chi connectivity index (χ1) is 5.25. The predicted octanol–water partition coefficient (Wildman–Crippen LogP) is 1.90. The minimum atomic E-state index is 0.794. The fourth-order valence-corrected chi connectivity index (χ4v) is 2.27. The van der Waals surface area contributed by atoms with Crippen LogP contribution in [0.5, 0.6) is 0 Å². The van der Waals surface area contributed by atoms with E-state index in [9.17, 15) is 0 Å². The maximum absolute atomic E-state index is 2.62. The molecule has 2 bridgehead atoms. The largest absolute Gasteiger partial charge is 0.296 e. The van der Waals surface area contributed by atoms with Crippen LogP contribution < -0.4 is 0 Å². The molecule has 0 aromatic carbocycles. The molecule has 1 nitrogen and oxygen atoms in total. The van der Waals surface area contributed by atoms with E-state index in [4.69, 9.17) is 0 Å². The summed E-state index contributed by atoms with van der Waals surface area (Å²) in [4.78, 5) is 2.62. The lowest BCUT2D eigenvalue weighted by atomic mass is 10.1. The topological polar surface area (TPSA) is 3.24 Å². The zero-order valence-corrected chi connectivity index (χ0v) is 7.46. The highest BCUT2D eigenvalue weighted by molar-refractivity contribution is 5.12. The Morgan fingerprint density at radius 2 is 2.27 bits per heavy atom. The number of likely N-dealkylation sites (tertiary alicyclic amines) is 1. The van der Waals surface area contributed by atoms with Crippen molar-refractivity contribution < 1.29 is 0 Å². The average molecular weight is 151 g/mol. The van der Waals surface area contributed by atoms with Crippen molar-refractivity contribution in [2.24, 2.45) is 11.8 Å². The molecule has 1 saturated heterocycles. The molecule has 2 rings (SSSR count). The SMILES string of the molecule is CC(C)CN1CC2C=CC1C2. The Labute approximate surface area is 69.1 Å². The summed E-state index contributed by atoms with van der Waals surface area (Å²) in [6.07, 6.45) is 6.17. The van der Waals surface area contributed by atoms with Gasteiger partial charge in [-0.15, -0.1) is 0 Å². The van der Waals surface area contributed by atoms with Crippen molar-refractivity contribution in [3.8, 4) is 0 Å². The van der Waals surface area contributed by atoms with Crippen molar-refractivity contribution in [1.82, 2.24) is 4.90 Å². The monoisotopic (exact) mass is 151 g/mol. The Bertz CT molecular complexity index is 172. The third-order valence-corrected chi connectivity index (χ3v) is 2.69. The fourth-order valence-electron chi connectivity index (χ4n) is 2.27. The molecule has 11 heavy (non-hydrogen) atoms. The summed E-state index contributed by atoms with van der Waals surface area (Å²) in [5, 5.41) is 0. The summed E-state index contributed by atoms with van der Waals surface area (Å²) >= 11 is 0. The Morgan fingerprint density at radius 1 is 1.45 bits per heavy atom. The zero-order chi connectivity index (χ0) is 7.84. The number of hydrogen-bond acceptors (Lipinski definition) is 1. The van der Waals surface area contributed by atoms with Crippen molar-refractivity contribution >= 4 is 0 Å². The Balaban J connectivity index is 1.93. The molecule has 0 saturated carbocycles. The van der Waals surface area contributed by atoms with E-state index in [0.29, 0.717) is 0 Å². The van der Waals surface area contributed by atoms with Gasteiger partial charge in [0.2, 0.25) is 0 Å². The molecular formula is C10H17N. The van der Waals surface area contributed by atoms with E-state index in [1.807, 2.05) is 0 Å². The molecule has 0 amide bonds. The Morgan fingerprint density at radius 3 is 2.73 bits per heavy atom. The summed E-state index contributed by atoms with van der Waals surface area (Å²) in [7, 11) is 0. The fraction of sp³-hybridized carbons (Fsp3) is 0.800. The van der Waals surface area contributed by atoms with Gasteiger partial charge in [0, 0.05) is 19.1 Å². The standard InChI is InChI=1S/C10H17N/c1-8(2)6-11-7-9-3-4-10(11)5-9/h3-4,8-10H,5-7H2,1-2H3. The molecule has 1 aliphatic heterocycles. The lowest BCUT2D eigenvalue weighted by Crippen LogP contribution is -2.32. The van der Waals surface area contributed by atoms with Crippen LogP contribution in [0.2, 0.25) is 0 Å². The van der Waals surface area contributed by atoms with Crippen LogP contribution in [0.1, 0.15) is 20.3 Å². The van der Waals surface area contributed by atoms with Crippen LogP contribution in [0, 0.1) is 11.8 Å². The summed E-state index contributed by atoms with van der Waals surface area (Å²) in [5.74, 6) is 1.71. The van der Waals surface area contributed by atoms with Gasteiger partial charge in [0.25, 0.3) is 0 Å².